The number of ether oxygens (including phenoxy) is 1. The number of rotatable bonds is 6. The molecule has 1 unspecified atom stereocenters. The summed E-state index contributed by atoms with van der Waals surface area (Å²) in [4.78, 5) is 20.1. The Morgan fingerprint density at radius 3 is 2.75 bits per heavy atom. The number of fused-ring (bicyclic) bond motifs is 3. The van der Waals surface area contributed by atoms with Gasteiger partial charge in [0.1, 0.15) is 0 Å². The topological polar surface area (TPSA) is 64.1 Å². The number of aromatic nitrogens is 2. The zero-order chi connectivity index (χ0) is 20.3. The molecule has 0 spiro atoms. The highest BCUT2D eigenvalue weighted by Gasteiger charge is 2.38. The van der Waals surface area contributed by atoms with Crippen molar-refractivity contribution in [3.05, 3.63) is 41.1 Å². The minimum atomic E-state index is -4.58. The minimum absolute atomic E-state index is 0.0580. The Morgan fingerprint density at radius 2 is 2.04 bits per heavy atom. The molecule has 0 saturated heterocycles. The van der Waals surface area contributed by atoms with Crippen molar-refractivity contribution in [1.29, 1.82) is 0 Å². The molecule has 3 rings (SSSR count). The smallest absolute Gasteiger partial charge is 0.383 e. The molecule has 0 fully saturated rings. The third kappa shape index (κ3) is 4.64. The fraction of sp³-hybridized carbons (Fsp3) is 0.421. The number of methoxy groups -OCH3 is 1. The summed E-state index contributed by atoms with van der Waals surface area (Å²) in [6.45, 7) is 2.13. The molecule has 150 valence electrons. The van der Waals surface area contributed by atoms with E-state index in [9.17, 15) is 18.0 Å². The molecule has 0 aliphatic heterocycles. The van der Waals surface area contributed by atoms with E-state index < -0.39 is 11.9 Å². The molecular weight excluding hydrogens is 391 g/mol. The number of amides is 1. The number of nitrogens with one attached hydrogen (secondary N) is 1. The molecular formula is C19H20F3N3O2S. The molecule has 1 aliphatic carbocycles. The summed E-state index contributed by atoms with van der Waals surface area (Å²) < 4.78 is 45.7. The Bertz CT molecular complexity index is 874. The summed E-state index contributed by atoms with van der Waals surface area (Å²) in [6.07, 6.45) is -3.83. The Labute approximate surface area is 165 Å². The van der Waals surface area contributed by atoms with Gasteiger partial charge in [0.25, 0.3) is 0 Å². The molecule has 2 aromatic rings. The molecule has 0 radical (unpaired) electrons. The fourth-order valence-corrected chi connectivity index (χ4v) is 3.84. The number of thioether (sulfide) groups is 1. The van der Waals surface area contributed by atoms with Crippen LogP contribution in [0.2, 0.25) is 0 Å². The van der Waals surface area contributed by atoms with Crippen LogP contribution in [0.5, 0.6) is 0 Å². The van der Waals surface area contributed by atoms with Crippen molar-refractivity contribution in [3.63, 3.8) is 0 Å². The van der Waals surface area contributed by atoms with Crippen LogP contribution >= 0.6 is 11.8 Å². The lowest BCUT2D eigenvalue weighted by molar-refractivity contribution is -0.142. The molecule has 0 saturated carbocycles. The van der Waals surface area contributed by atoms with Crippen molar-refractivity contribution in [3.8, 4) is 11.3 Å². The zero-order valence-electron chi connectivity index (χ0n) is 15.5. The van der Waals surface area contributed by atoms with Gasteiger partial charge in [0.05, 0.1) is 18.1 Å². The molecule has 9 heteroatoms. The quantitative estimate of drug-likeness (QED) is 0.582. The summed E-state index contributed by atoms with van der Waals surface area (Å²) in [7, 11) is 1.52. The number of hydrogen-bond acceptors (Lipinski definition) is 5. The monoisotopic (exact) mass is 411 g/mol. The van der Waals surface area contributed by atoms with Gasteiger partial charge in [-0.25, -0.2) is 9.97 Å². The first-order valence-electron chi connectivity index (χ1n) is 8.77. The van der Waals surface area contributed by atoms with Gasteiger partial charge in [0.15, 0.2) is 10.9 Å². The van der Waals surface area contributed by atoms with Gasteiger partial charge in [-0.05, 0) is 25.3 Å². The molecule has 0 bridgehead atoms. The van der Waals surface area contributed by atoms with E-state index in [0.717, 1.165) is 17.3 Å². The Kier molecular flexibility index (Phi) is 6.24. The van der Waals surface area contributed by atoms with E-state index in [1.807, 2.05) is 12.1 Å². The maximum absolute atomic E-state index is 13.6. The van der Waals surface area contributed by atoms with Gasteiger partial charge >= 0.3 is 6.18 Å². The lowest BCUT2D eigenvalue weighted by atomic mass is 9.88. The number of halogens is 3. The van der Waals surface area contributed by atoms with Crippen LogP contribution < -0.4 is 5.32 Å². The van der Waals surface area contributed by atoms with Gasteiger partial charge in [-0.2, -0.15) is 13.2 Å². The number of benzene rings is 1. The third-order valence-corrected chi connectivity index (χ3v) is 5.18. The number of carbonyl (C=O) groups excluding carboxylic acids is 1. The molecule has 1 atom stereocenters. The van der Waals surface area contributed by atoms with E-state index in [0.29, 0.717) is 24.3 Å². The summed E-state index contributed by atoms with van der Waals surface area (Å²) in [5, 5.41) is 2.65. The van der Waals surface area contributed by atoms with Crippen molar-refractivity contribution >= 4 is 17.7 Å². The molecule has 1 N–H and O–H groups in total. The first-order chi connectivity index (χ1) is 13.3. The van der Waals surface area contributed by atoms with E-state index in [-0.39, 0.29) is 34.8 Å². The number of alkyl halides is 3. The van der Waals surface area contributed by atoms with Gasteiger partial charge in [0.2, 0.25) is 5.91 Å². The van der Waals surface area contributed by atoms with E-state index >= 15 is 0 Å². The van der Waals surface area contributed by atoms with Gasteiger partial charge in [-0.15, -0.1) is 0 Å². The number of aryl methyl sites for hydroxylation is 1. The molecule has 1 amide bonds. The molecule has 1 heterocycles. The van der Waals surface area contributed by atoms with Crippen LogP contribution in [0, 0.1) is 0 Å². The Balaban J connectivity index is 1.88. The van der Waals surface area contributed by atoms with Gasteiger partial charge in [0, 0.05) is 24.3 Å². The highest BCUT2D eigenvalue weighted by atomic mass is 32.2. The number of hydrogen-bond donors (Lipinski definition) is 1. The SMILES string of the molecule is COCC(C)NC(=O)CSc1nc2c(c(C(F)(F)F)n1)CCc1ccccc1-2. The zero-order valence-corrected chi connectivity index (χ0v) is 16.3. The van der Waals surface area contributed by atoms with E-state index in [1.165, 1.54) is 7.11 Å². The summed E-state index contributed by atoms with van der Waals surface area (Å²) in [5.41, 5.74) is 1.16. The highest BCUT2D eigenvalue weighted by Crippen LogP contribution is 2.40. The van der Waals surface area contributed by atoms with Crippen LogP contribution in [0.25, 0.3) is 11.3 Å². The van der Waals surface area contributed by atoms with E-state index in [1.54, 1.807) is 19.1 Å². The average molecular weight is 411 g/mol. The Hall–Kier alpha value is -2.13. The largest absolute Gasteiger partial charge is 0.433 e. The second-order valence-corrected chi connectivity index (χ2v) is 7.49. The van der Waals surface area contributed by atoms with Crippen LogP contribution in [0.3, 0.4) is 0 Å². The van der Waals surface area contributed by atoms with Crippen LogP contribution in [0.15, 0.2) is 29.4 Å². The van der Waals surface area contributed by atoms with Gasteiger partial charge in [-0.3, -0.25) is 4.79 Å². The van der Waals surface area contributed by atoms with E-state index in [4.69, 9.17) is 4.74 Å². The fourth-order valence-electron chi connectivity index (χ4n) is 3.19. The maximum Gasteiger partial charge on any atom is 0.433 e. The van der Waals surface area contributed by atoms with Crippen LogP contribution in [-0.4, -0.2) is 41.4 Å². The van der Waals surface area contributed by atoms with Gasteiger partial charge in [-0.1, -0.05) is 36.0 Å². The third-order valence-electron chi connectivity index (χ3n) is 4.33. The molecule has 5 nitrogen and oxygen atoms in total. The molecule has 1 aromatic carbocycles. The predicted octanol–water partition coefficient (Wildman–Crippen LogP) is 3.50. The minimum Gasteiger partial charge on any atom is -0.383 e. The predicted molar refractivity (Wildman–Crippen MR) is 100 cm³/mol. The maximum atomic E-state index is 13.6. The average Bonchev–Trinajstić information content (AvgIpc) is 2.65. The second kappa shape index (κ2) is 8.48. The van der Waals surface area contributed by atoms with Crippen LogP contribution in [0.1, 0.15) is 23.7 Å². The van der Waals surface area contributed by atoms with Crippen LogP contribution in [0.4, 0.5) is 13.2 Å². The molecule has 1 aromatic heterocycles. The first kappa shape index (κ1) is 20.6. The summed E-state index contributed by atoms with van der Waals surface area (Å²) in [6, 6.07) is 7.11. The Morgan fingerprint density at radius 1 is 1.29 bits per heavy atom. The number of nitrogens with zero attached hydrogens (tertiary/aromatic N) is 2. The van der Waals surface area contributed by atoms with Crippen molar-refractivity contribution in [2.45, 2.75) is 37.1 Å². The molecule has 1 aliphatic rings. The van der Waals surface area contributed by atoms with Crippen molar-refractivity contribution in [1.82, 2.24) is 15.3 Å². The number of carbonyl (C=O) groups is 1. The second-order valence-electron chi connectivity index (χ2n) is 6.55. The summed E-state index contributed by atoms with van der Waals surface area (Å²) in [5.74, 6) is -0.393. The van der Waals surface area contributed by atoms with Crippen molar-refractivity contribution in [2.24, 2.45) is 0 Å². The van der Waals surface area contributed by atoms with Crippen LogP contribution in [-0.2, 0) is 28.5 Å². The normalized spacial score (nSPS) is 14.2. The first-order valence-corrected chi connectivity index (χ1v) is 9.75. The standard InChI is InChI=1S/C19H20F3N3O2S/c1-11(9-27-2)23-15(26)10-28-18-24-16-13-6-4-3-5-12(13)7-8-14(16)17(25-18)19(20,21)22/h3-6,11H,7-10H2,1-2H3,(H,23,26). The van der Waals surface area contributed by atoms with Crippen molar-refractivity contribution < 1.29 is 22.7 Å². The molecule has 28 heavy (non-hydrogen) atoms. The van der Waals surface area contributed by atoms with Crippen molar-refractivity contribution in [2.75, 3.05) is 19.5 Å². The lowest BCUT2D eigenvalue weighted by Gasteiger charge is -2.22. The van der Waals surface area contributed by atoms with Gasteiger partial charge < -0.3 is 10.1 Å². The lowest BCUT2D eigenvalue weighted by Crippen LogP contribution is -2.36. The highest BCUT2D eigenvalue weighted by molar-refractivity contribution is 7.99. The summed E-state index contributed by atoms with van der Waals surface area (Å²) >= 11 is 0.891. The van der Waals surface area contributed by atoms with E-state index in [2.05, 4.69) is 15.3 Å².